The fraction of sp³-hybridized carbons (Fsp3) is 0.867. The molecule has 1 rings (SSSR count). The van der Waals surface area contributed by atoms with Crippen LogP contribution in [0.2, 0.25) is 0 Å². The van der Waals surface area contributed by atoms with Gasteiger partial charge in [-0.05, 0) is 17.3 Å². The van der Waals surface area contributed by atoms with Crippen LogP contribution in [0.4, 0.5) is 0 Å². The zero-order valence-corrected chi connectivity index (χ0v) is 12.8. The van der Waals surface area contributed by atoms with E-state index in [4.69, 9.17) is 0 Å². The summed E-state index contributed by atoms with van der Waals surface area (Å²) >= 11 is 0. The molecule has 3 heteroatoms. The van der Waals surface area contributed by atoms with Gasteiger partial charge < -0.3 is 0 Å². The van der Waals surface area contributed by atoms with E-state index < -0.39 is 0 Å². The van der Waals surface area contributed by atoms with Crippen LogP contribution >= 0.6 is 0 Å². The number of carbonyl (C=O) groups is 2. The van der Waals surface area contributed by atoms with E-state index in [2.05, 4.69) is 41.5 Å². The number of hydrogen-bond donors (Lipinski definition) is 0. The fourth-order valence-corrected chi connectivity index (χ4v) is 2.91. The Kier molecular flexibility index (Phi) is 3.94. The van der Waals surface area contributed by atoms with Gasteiger partial charge in [0, 0.05) is 6.54 Å². The first-order valence-electron chi connectivity index (χ1n) is 6.87. The highest BCUT2D eigenvalue weighted by atomic mass is 16.2. The van der Waals surface area contributed by atoms with Crippen molar-refractivity contribution in [3.63, 3.8) is 0 Å². The summed E-state index contributed by atoms with van der Waals surface area (Å²) in [6.07, 6.45) is 0.825. The molecule has 2 atom stereocenters. The summed E-state index contributed by atoms with van der Waals surface area (Å²) < 4.78 is 0. The standard InChI is InChI=1S/C15H27NO2/c1-8-9-16-12(17)10(14(2,3)4)11(13(16)18)15(5,6)7/h10-11H,8-9H2,1-7H3. The number of nitrogens with zero attached hydrogens (tertiary/aromatic N) is 1. The van der Waals surface area contributed by atoms with Gasteiger partial charge in [-0.1, -0.05) is 48.5 Å². The van der Waals surface area contributed by atoms with Crippen molar-refractivity contribution in [2.45, 2.75) is 54.9 Å². The Morgan fingerprint density at radius 2 is 1.22 bits per heavy atom. The molecular weight excluding hydrogens is 226 g/mol. The molecule has 0 bridgehead atoms. The van der Waals surface area contributed by atoms with Gasteiger partial charge in [-0.3, -0.25) is 14.5 Å². The Balaban J connectivity index is 3.21. The highest BCUT2D eigenvalue weighted by molar-refractivity contribution is 6.05. The maximum absolute atomic E-state index is 12.5. The van der Waals surface area contributed by atoms with E-state index in [0.717, 1.165) is 6.42 Å². The largest absolute Gasteiger partial charge is 0.282 e. The van der Waals surface area contributed by atoms with Crippen LogP contribution in [-0.4, -0.2) is 23.3 Å². The van der Waals surface area contributed by atoms with Crippen LogP contribution in [0.5, 0.6) is 0 Å². The SMILES string of the molecule is CCCN1C(=O)C(C(C)(C)C)C(C(C)(C)C)C1=O. The molecule has 0 aromatic rings. The molecule has 0 N–H and O–H groups in total. The van der Waals surface area contributed by atoms with Crippen LogP contribution in [0.25, 0.3) is 0 Å². The number of amides is 2. The van der Waals surface area contributed by atoms with Gasteiger partial charge in [-0.2, -0.15) is 0 Å². The average Bonchev–Trinajstić information content (AvgIpc) is 2.40. The van der Waals surface area contributed by atoms with Crippen LogP contribution in [-0.2, 0) is 9.59 Å². The monoisotopic (exact) mass is 253 g/mol. The Morgan fingerprint density at radius 1 is 0.889 bits per heavy atom. The van der Waals surface area contributed by atoms with Crippen molar-refractivity contribution in [3.05, 3.63) is 0 Å². The van der Waals surface area contributed by atoms with Crippen molar-refractivity contribution in [1.82, 2.24) is 4.90 Å². The first kappa shape index (κ1) is 15.2. The quantitative estimate of drug-likeness (QED) is 0.709. The number of carbonyl (C=O) groups excluding carboxylic acids is 2. The summed E-state index contributed by atoms with van der Waals surface area (Å²) in [5.41, 5.74) is -0.347. The third kappa shape index (κ3) is 2.60. The second-order valence-electron chi connectivity index (χ2n) is 7.52. The molecule has 1 aliphatic heterocycles. The minimum absolute atomic E-state index is 0.0225. The summed E-state index contributed by atoms with van der Waals surface area (Å²) in [7, 11) is 0. The second kappa shape index (κ2) is 4.67. The van der Waals surface area contributed by atoms with Gasteiger partial charge in [0.05, 0.1) is 11.8 Å². The molecule has 2 amide bonds. The maximum Gasteiger partial charge on any atom is 0.233 e. The predicted molar refractivity (Wildman–Crippen MR) is 72.9 cm³/mol. The van der Waals surface area contributed by atoms with Crippen LogP contribution < -0.4 is 0 Å². The molecule has 18 heavy (non-hydrogen) atoms. The number of rotatable bonds is 2. The lowest BCUT2D eigenvalue weighted by Crippen LogP contribution is -2.38. The molecule has 0 aromatic heterocycles. The van der Waals surface area contributed by atoms with Crippen LogP contribution in [0.3, 0.4) is 0 Å². The first-order valence-corrected chi connectivity index (χ1v) is 6.87. The van der Waals surface area contributed by atoms with Gasteiger partial charge >= 0.3 is 0 Å². The van der Waals surface area contributed by atoms with Gasteiger partial charge in [-0.25, -0.2) is 0 Å². The third-order valence-corrected chi connectivity index (χ3v) is 3.71. The van der Waals surface area contributed by atoms with E-state index >= 15 is 0 Å². The average molecular weight is 253 g/mol. The molecular formula is C15H27NO2. The van der Waals surface area contributed by atoms with Gasteiger partial charge in [0.2, 0.25) is 11.8 Å². The van der Waals surface area contributed by atoms with Crippen LogP contribution in [0.15, 0.2) is 0 Å². The summed E-state index contributed by atoms with van der Waals surface area (Å²) in [5, 5.41) is 0. The van der Waals surface area contributed by atoms with Crippen LogP contribution in [0.1, 0.15) is 54.9 Å². The smallest absolute Gasteiger partial charge is 0.233 e. The van der Waals surface area contributed by atoms with Gasteiger partial charge in [0.15, 0.2) is 0 Å². The number of likely N-dealkylation sites (tertiary alicyclic amines) is 1. The molecule has 1 heterocycles. The van der Waals surface area contributed by atoms with E-state index in [1.165, 1.54) is 4.90 Å². The number of imide groups is 1. The molecule has 3 nitrogen and oxygen atoms in total. The Hall–Kier alpha value is -0.860. The van der Waals surface area contributed by atoms with E-state index in [1.54, 1.807) is 0 Å². The molecule has 1 saturated heterocycles. The maximum atomic E-state index is 12.5. The molecule has 104 valence electrons. The summed E-state index contributed by atoms with van der Waals surface area (Å²) in [4.78, 5) is 26.5. The van der Waals surface area contributed by atoms with Crippen molar-refractivity contribution >= 4 is 11.8 Å². The molecule has 1 fully saturated rings. The Bertz CT molecular complexity index is 314. The van der Waals surface area contributed by atoms with E-state index in [1.807, 2.05) is 6.92 Å². The fourth-order valence-electron chi connectivity index (χ4n) is 2.91. The molecule has 0 saturated carbocycles. The van der Waals surface area contributed by atoms with Gasteiger partial charge in [0.25, 0.3) is 0 Å². The molecule has 2 unspecified atom stereocenters. The molecule has 0 radical (unpaired) electrons. The van der Waals surface area contributed by atoms with Crippen molar-refractivity contribution in [2.24, 2.45) is 22.7 Å². The Morgan fingerprint density at radius 3 is 1.44 bits per heavy atom. The highest BCUT2D eigenvalue weighted by Gasteiger charge is 2.55. The summed E-state index contributed by atoms with van der Waals surface area (Å²) in [6, 6.07) is 0. The topological polar surface area (TPSA) is 37.4 Å². The molecule has 0 aliphatic carbocycles. The lowest BCUT2D eigenvalue weighted by molar-refractivity contribution is -0.140. The van der Waals surface area contributed by atoms with Crippen molar-refractivity contribution in [2.75, 3.05) is 6.54 Å². The van der Waals surface area contributed by atoms with Gasteiger partial charge in [-0.15, -0.1) is 0 Å². The molecule has 0 aromatic carbocycles. The third-order valence-electron chi connectivity index (χ3n) is 3.71. The lowest BCUT2D eigenvalue weighted by Gasteiger charge is -2.35. The van der Waals surface area contributed by atoms with Crippen molar-refractivity contribution in [3.8, 4) is 0 Å². The lowest BCUT2D eigenvalue weighted by atomic mass is 9.65. The van der Waals surface area contributed by atoms with E-state index in [0.29, 0.717) is 6.54 Å². The first-order chi connectivity index (χ1) is 8.01. The van der Waals surface area contributed by atoms with E-state index in [-0.39, 0.29) is 34.5 Å². The minimum Gasteiger partial charge on any atom is -0.282 e. The predicted octanol–water partition coefficient (Wildman–Crippen LogP) is 3.09. The summed E-state index contributed by atoms with van der Waals surface area (Å²) in [6.45, 7) is 14.9. The zero-order chi connectivity index (χ0) is 14.3. The Labute approximate surface area is 111 Å². The minimum atomic E-state index is -0.198. The summed E-state index contributed by atoms with van der Waals surface area (Å²) in [5.74, 6) is -0.350. The molecule has 1 aliphatic rings. The highest BCUT2D eigenvalue weighted by Crippen LogP contribution is 2.47. The number of hydrogen-bond acceptors (Lipinski definition) is 2. The van der Waals surface area contributed by atoms with Crippen molar-refractivity contribution in [1.29, 1.82) is 0 Å². The van der Waals surface area contributed by atoms with Crippen molar-refractivity contribution < 1.29 is 9.59 Å². The normalized spacial score (nSPS) is 26.1. The zero-order valence-electron chi connectivity index (χ0n) is 12.8. The second-order valence-corrected chi connectivity index (χ2v) is 7.52. The van der Waals surface area contributed by atoms with E-state index in [9.17, 15) is 9.59 Å². The van der Waals surface area contributed by atoms with Crippen LogP contribution in [0, 0.1) is 22.7 Å². The van der Waals surface area contributed by atoms with Gasteiger partial charge in [0.1, 0.15) is 0 Å². The molecule has 0 spiro atoms.